The third-order valence-corrected chi connectivity index (χ3v) is 20.0. The highest BCUT2D eigenvalue weighted by molar-refractivity contribution is 5.94. The van der Waals surface area contributed by atoms with Crippen molar-refractivity contribution < 1.29 is 95.2 Å². The van der Waals surface area contributed by atoms with Gasteiger partial charge in [-0.15, -0.1) is 0 Å². The second-order valence-electron chi connectivity index (χ2n) is 29.7. The summed E-state index contributed by atoms with van der Waals surface area (Å²) < 4.78 is 68.4. The first-order valence-electron chi connectivity index (χ1n) is 43.5. The van der Waals surface area contributed by atoms with Crippen LogP contribution >= 0.6 is 0 Å². The number of hydrogen-bond acceptors (Lipinski definition) is 20. The monoisotopic (exact) mass is 1640 g/mol. The summed E-state index contributed by atoms with van der Waals surface area (Å²) in [6.07, 6.45) is 42.7. The van der Waals surface area contributed by atoms with Crippen molar-refractivity contribution in [3.8, 4) is 46.0 Å². The summed E-state index contributed by atoms with van der Waals surface area (Å²) in [5, 5.41) is 0. The van der Waals surface area contributed by atoms with Gasteiger partial charge in [0.2, 0.25) is 0 Å². The Morgan fingerprint density at radius 3 is 0.613 bits per heavy atom. The van der Waals surface area contributed by atoms with E-state index in [-0.39, 0.29) is 23.9 Å². The fourth-order valence-electron chi connectivity index (χ4n) is 13.1. The molecule has 0 atom stereocenters. The highest BCUT2D eigenvalue weighted by Gasteiger charge is 2.20. The minimum absolute atomic E-state index is 0.293. The number of rotatable bonds is 68. The predicted octanol–water partition coefficient (Wildman–Crippen LogP) is 23.2. The van der Waals surface area contributed by atoms with Crippen molar-refractivity contribution >= 4 is 47.8 Å². The Kier molecular flexibility index (Phi) is 50.2. The molecule has 6 aromatic rings. The van der Waals surface area contributed by atoms with Crippen molar-refractivity contribution in [3.05, 3.63) is 217 Å². The van der Waals surface area contributed by atoms with Gasteiger partial charge < -0.3 is 56.8 Å². The molecule has 6 rings (SSSR count). The SMILES string of the molecule is C=CC(=O)OCCCCCCCCCCOc1ccc(C(=O)Oc2ccc(OC(=O)c3ccc(OCCCCCCCCCCOC(=O)C=C)cc3)c(CCCCCCCc3cc(OC(=O)c4ccc(OCCCCCCCCCCOC(=O)C=C)cc4)ccc3OC(=O)c3ccc(OCCCCCCCCCCOC(=O)C=C)cc3)c2)cc1. The molecule has 0 radical (unpaired) electrons. The summed E-state index contributed by atoms with van der Waals surface area (Å²) in [5.74, 6) is 0.131. The molecule has 0 fully saturated rings. The Labute approximate surface area is 706 Å². The topological polar surface area (TPSA) is 247 Å². The summed E-state index contributed by atoms with van der Waals surface area (Å²) in [6.45, 7) is 17.6. The van der Waals surface area contributed by atoms with Crippen molar-refractivity contribution in [2.24, 2.45) is 0 Å². The van der Waals surface area contributed by atoms with E-state index >= 15 is 0 Å². The molecule has 0 unspecified atom stereocenters. The van der Waals surface area contributed by atoms with Gasteiger partial charge in [-0.3, -0.25) is 0 Å². The first-order chi connectivity index (χ1) is 58.2. The summed E-state index contributed by atoms with van der Waals surface area (Å²) in [4.78, 5) is 100.0. The fourth-order valence-corrected chi connectivity index (χ4v) is 13.1. The quantitative estimate of drug-likeness (QED) is 0.0113. The lowest BCUT2D eigenvalue weighted by atomic mass is 10.0. The van der Waals surface area contributed by atoms with Crippen LogP contribution in [0.5, 0.6) is 46.0 Å². The van der Waals surface area contributed by atoms with Gasteiger partial charge in [0.25, 0.3) is 0 Å². The van der Waals surface area contributed by atoms with Gasteiger partial charge in [-0.25, -0.2) is 38.4 Å². The van der Waals surface area contributed by atoms with Crippen LogP contribution in [0.15, 0.2) is 184 Å². The lowest BCUT2D eigenvalue weighted by Gasteiger charge is -2.14. The molecule has 119 heavy (non-hydrogen) atoms. The number of aryl methyl sites for hydroxylation is 2. The van der Waals surface area contributed by atoms with E-state index in [1.807, 2.05) is 0 Å². The van der Waals surface area contributed by atoms with Gasteiger partial charge in [-0.05, 0) is 222 Å². The largest absolute Gasteiger partial charge is 0.494 e. The van der Waals surface area contributed by atoms with Crippen LogP contribution in [0.1, 0.15) is 290 Å². The molecule has 20 heteroatoms. The summed E-state index contributed by atoms with van der Waals surface area (Å²) in [5.41, 5.74) is 2.74. The van der Waals surface area contributed by atoms with Gasteiger partial charge in [0.05, 0.1) is 75.1 Å². The van der Waals surface area contributed by atoms with Crippen LogP contribution in [-0.2, 0) is 51.0 Å². The second-order valence-corrected chi connectivity index (χ2v) is 29.7. The van der Waals surface area contributed by atoms with Crippen LogP contribution in [0, 0.1) is 0 Å². The van der Waals surface area contributed by atoms with Crippen LogP contribution < -0.4 is 37.9 Å². The lowest BCUT2D eigenvalue weighted by molar-refractivity contribution is -0.138. The molecule has 0 saturated carbocycles. The van der Waals surface area contributed by atoms with Crippen molar-refractivity contribution in [2.45, 2.75) is 250 Å². The predicted molar refractivity (Wildman–Crippen MR) is 463 cm³/mol. The van der Waals surface area contributed by atoms with Gasteiger partial charge in [0, 0.05) is 24.3 Å². The molecule has 0 aromatic heterocycles. The average molecular weight is 1640 g/mol. The Morgan fingerprint density at radius 1 is 0.210 bits per heavy atom. The highest BCUT2D eigenvalue weighted by Crippen LogP contribution is 2.32. The minimum atomic E-state index is -0.555. The highest BCUT2D eigenvalue weighted by atomic mass is 16.6. The Bertz CT molecular complexity index is 3700. The summed E-state index contributed by atoms with van der Waals surface area (Å²) in [7, 11) is 0. The molecule has 0 amide bonds. The molecule has 0 aliphatic rings. The van der Waals surface area contributed by atoms with E-state index < -0.39 is 23.9 Å². The standard InChI is InChI=1S/C99H128O20/c1-5-92(100)112-72-42-32-21-13-9-17-28-38-68-108-84-56-48-78(49-57-84)96(104)116-88-64-66-90(118-98(106)80-52-60-86(61-53-80)110-70-40-30-19-11-15-23-34-44-74-114-94(102)7-3)82(76-88)46-36-26-25-27-37-47-83-77-89(117-97(105)79-50-58-85(59-51-79)109-69-39-29-18-10-14-22-33-43-73-113-93(101)6-2)65-67-91(83)119-99(107)81-54-62-87(63-55-81)111-71-41-31-20-12-16-24-35-45-75-115-95(103)8-4/h5-8,48-67,76-77H,1-4,9-47,68-75H2. The molecule has 644 valence electrons. The van der Waals surface area contributed by atoms with Crippen molar-refractivity contribution in [3.63, 3.8) is 0 Å². The fraction of sp³-hybridized carbons (Fsp3) is 0.475. The van der Waals surface area contributed by atoms with Crippen molar-refractivity contribution in [1.82, 2.24) is 0 Å². The zero-order valence-electron chi connectivity index (χ0n) is 70.2. The van der Waals surface area contributed by atoms with Crippen LogP contribution in [0.3, 0.4) is 0 Å². The molecule has 0 aliphatic heterocycles. The number of carbonyl (C=O) groups excluding carboxylic acids is 8. The number of benzene rings is 6. The van der Waals surface area contributed by atoms with E-state index in [4.69, 9.17) is 56.8 Å². The van der Waals surface area contributed by atoms with Gasteiger partial charge >= 0.3 is 47.8 Å². The van der Waals surface area contributed by atoms with Gasteiger partial charge in [0.15, 0.2) is 0 Å². The van der Waals surface area contributed by atoms with E-state index in [1.165, 1.54) is 24.3 Å². The van der Waals surface area contributed by atoms with E-state index in [2.05, 4.69) is 26.3 Å². The lowest BCUT2D eigenvalue weighted by Crippen LogP contribution is -2.11. The van der Waals surface area contributed by atoms with Crippen LogP contribution in [0.25, 0.3) is 0 Å². The maximum Gasteiger partial charge on any atom is 0.343 e. The van der Waals surface area contributed by atoms with Gasteiger partial charge in [-0.1, -0.05) is 200 Å². The maximum absolute atomic E-state index is 13.9. The first-order valence-corrected chi connectivity index (χ1v) is 43.5. The third-order valence-electron chi connectivity index (χ3n) is 20.0. The minimum Gasteiger partial charge on any atom is -0.494 e. The van der Waals surface area contributed by atoms with Gasteiger partial charge in [-0.2, -0.15) is 0 Å². The molecule has 0 aliphatic carbocycles. The number of carbonyl (C=O) groups is 8. The molecular weight excluding hydrogens is 1510 g/mol. The van der Waals surface area contributed by atoms with E-state index in [1.54, 1.807) is 133 Å². The average Bonchev–Trinajstić information content (AvgIpc) is 0.837. The number of esters is 8. The van der Waals surface area contributed by atoms with Gasteiger partial charge in [0.1, 0.15) is 46.0 Å². The van der Waals surface area contributed by atoms with E-state index in [0.717, 1.165) is 225 Å². The van der Waals surface area contributed by atoms with Crippen molar-refractivity contribution in [1.29, 1.82) is 0 Å². The zero-order chi connectivity index (χ0) is 84.8. The Balaban J connectivity index is 1.03. The maximum atomic E-state index is 13.9. The molecule has 20 nitrogen and oxygen atoms in total. The Morgan fingerprint density at radius 2 is 0.395 bits per heavy atom. The van der Waals surface area contributed by atoms with Crippen LogP contribution in [0.4, 0.5) is 0 Å². The molecule has 0 saturated heterocycles. The first kappa shape index (κ1) is 97.1. The molecular formula is C99H128O20. The Hall–Kier alpha value is -10.8. The van der Waals surface area contributed by atoms with E-state index in [9.17, 15) is 38.4 Å². The molecule has 6 aromatic carbocycles. The molecule has 0 heterocycles. The summed E-state index contributed by atoms with van der Waals surface area (Å²) >= 11 is 0. The van der Waals surface area contributed by atoms with E-state index in [0.29, 0.717) is 158 Å². The second kappa shape index (κ2) is 61.5. The molecule has 0 N–H and O–H groups in total. The third kappa shape index (κ3) is 43.5. The van der Waals surface area contributed by atoms with Crippen molar-refractivity contribution in [2.75, 3.05) is 52.9 Å². The number of hydrogen-bond donors (Lipinski definition) is 0. The molecule has 0 bridgehead atoms. The normalized spacial score (nSPS) is 10.8. The summed E-state index contributed by atoms with van der Waals surface area (Å²) in [6, 6.07) is 37.6. The molecule has 0 spiro atoms. The van der Waals surface area contributed by atoms with Crippen LogP contribution in [0.2, 0.25) is 0 Å². The van der Waals surface area contributed by atoms with Crippen LogP contribution in [-0.4, -0.2) is 101 Å². The zero-order valence-corrected chi connectivity index (χ0v) is 70.2. The number of unbranched alkanes of at least 4 members (excludes halogenated alkanes) is 32. The number of ether oxygens (including phenoxy) is 12. The smallest absolute Gasteiger partial charge is 0.343 e.